The Kier molecular flexibility index (Phi) is 5.78. The summed E-state index contributed by atoms with van der Waals surface area (Å²) in [6, 6.07) is 11.6. The van der Waals surface area contributed by atoms with Gasteiger partial charge in [-0.15, -0.1) is 0 Å². The van der Waals surface area contributed by atoms with E-state index in [0.717, 1.165) is 21.4 Å². The summed E-state index contributed by atoms with van der Waals surface area (Å²) < 4.78 is 6.17. The number of carbonyl (C=O) groups excluding carboxylic acids is 1. The smallest absolute Gasteiger partial charge is 0.414 e. The SMILES string of the molecule is CN(C(=O)OC(C)(C)C)c1ccc(/C=C/c2cccnc2Br)cc1. The van der Waals surface area contributed by atoms with Gasteiger partial charge in [0, 0.05) is 24.5 Å². The molecule has 0 unspecified atom stereocenters. The molecule has 4 nitrogen and oxygen atoms in total. The average molecular weight is 389 g/mol. The van der Waals surface area contributed by atoms with Crippen LogP contribution in [0.3, 0.4) is 0 Å². The first-order chi connectivity index (χ1) is 11.3. The Morgan fingerprint density at radius 1 is 1.17 bits per heavy atom. The van der Waals surface area contributed by atoms with Crippen LogP contribution in [0.2, 0.25) is 0 Å². The average Bonchev–Trinajstić information content (AvgIpc) is 2.52. The van der Waals surface area contributed by atoms with Gasteiger partial charge < -0.3 is 4.74 Å². The number of halogens is 1. The van der Waals surface area contributed by atoms with Gasteiger partial charge in [0.25, 0.3) is 0 Å². The highest BCUT2D eigenvalue weighted by Crippen LogP contribution is 2.20. The highest BCUT2D eigenvalue weighted by atomic mass is 79.9. The fourth-order valence-corrected chi connectivity index (χ4v) is 2.34. The summed E-state index contributed by atoms with van der Waals surface area (Å²) in [5, 5.41) is 0. The quantitative estimate of drug-likeness (QED) is 0.662. The largest absolute Gasteiger partial charge is 0.443 e. The topological polar surface area (TPSA) is 42.4 Å². The number of anilines is 1. The van der Waals surface area contributed by atoms with Gasteiger partial charge in [-0.05, 0) is 60.5 Å². The standard InChI is InChI=1S/C19H21BrN2O2/c1-19(2,3)24-18(23)22(4)16-11-8-14(9-12-16)7-10-15-6-5-13-21-17(15)20/h5-13H,1-4H3/b10-7+. The molecule has 0 fully saturated rings. The molecule has 0 aliphatic carbocycles. The first-order valence-corrected chi connectivity index (χ1v) is 8.41. The van der Waals surface area contributed by atoms with Crippen LogP contribution in [0.5, 0.6) is 0 Å². The van der Waals surface area contributed by atoms with Gasteiger partial charge in [0.15, 0.2) is 0 Å². The minimum absolute atomic E-state index is 0.370. The van der Waals surface area contributed by atoms with Crippen LogP contribution in [0.4, 0.5) is 10.5 Å². The third-order valence-electron chi connectivity index (χ3n) is 3.19. The van der Waals surface area contributed by atoms with Crippen molar-refractivity contribution in [1.82, 2.24) is 4.98 Å². The Morgan fingerprint density at radius 2 is 1.83 bits per heavy atom. The molecule has 0 saturated carbocycles. The fraction of sp³-hybridized carbons (Fsp3) is 0.263. The van der Waals surface area contributed by atoms with Crippen molar-refractivity contribution in [3.8, 4) is 0 Å². The maximum absolute atomic E-state index is 12.1. The highest BCUT2D eigenvalue weighted by molar-refractivity contribution is 9.10. The van der Waals surface area contributed by atoms with E-state index in [9.17, 15) is 4.79 Å². The van der Waals surface area contributed by atoms with Crippen molar-refractivity contribution in [2.75, 3.05) is 11.9 Å². The van der Waals surface area contributed by atoms with E-state index in [2.05, 4.69) is 20.9 Å². The van der Waals surface area contributed by atoms with Crippen molar-refractivity contribution in [1.29, 1.82) is 0 Å². The monoisotopic (exact) mass is 388 g/mol. The molecule has 1 aromatic carbocycles. The van der Waals surface area contributed by atoms with Gasteiger partial charge in [0.05, 0.1) is 0 Å². The second-order valence-corrected chi connectivity index (χ2v) is 7.10. The molecule has 1 amide bonds. The summed E-state index contributed by atoms with van der Waals surface area (Å²) in [4.78, 5) is 17.8. The Balaban J connectivity index is 2.08. The van der Waals surface area contributed by atoms with E-state index in [1.807, 2.05) is 69.3 Å². The molecule has 0 aliphatic rings. The maximum atomic E-state index is 12.1. The summed E-state index contributed by atoms with van der Waals surface area (Å²) in [7, 11) is 1.70. The molecule has 2 aromatic rings. The number of aromatic nitrogens is 1. The third-order valence-corrected chi connectivity index (χ3v) is 3.85. The first kappa shape index (κ1) is 18.2. The van der Waals surface area contributed by atoms with Crippen LogP contribution in [-0.4, -0.2) is 23.7 Å². The first-order valence-electron chi connectivity index (χ1n) is 7.61. The minimum atomic E-state index is -0.509. The molecule has 0 spiro atoms. The predicted octanol–water partition coefficient (Wildman–Crippen LogP) is 5.39. The van der Waals surface area contributed by atoms with Crippen molar-refractivity contribution in [2.45, 2.75) is 26.4 Å². The number of benzene rings is 1. The molecular weight excluding hydrogens is 368 g/mol. The second-order valence-electron chi connectivity index (χ2n) is 6.35. The van der Waals surface area contributed by atoms with Crippen LogP contribution >= 0.6 is 15.9 Å². The van der Waals surface area contributed by atoms with Gasteiger partial charge in [0.1, 0.15) is 10.2 Å². The Morgan fingerprint density at radius 3 is 2.42 bits per heavy atom. The number of rotatable bonds is 3. The molecule has 1 aromatic heterocycles. The molecule has 24 heavy (non-hydrogen) atoms. The zero-order valence-electron chi connectivity index (χ0n) is 14.3. The molecule has 126 valence electrons. The summed E-state index contributed by atoms with van der Waals surface area (Å²) in [5.41, 5.74) is 2.31. The summed E-state index contributed by atoms with van der Waals surface area (Å²) in [5.74, 6) is 0. The number of pyridine rings is 1. The molecule has 0 saturated heterocycles. The molecule has 0 bridgehead atoms. The van der Waals surface area contributed by atoms with Gasteiger partial charge in [-0.25, -0.2) is 9.78 Å². The summed E-state index contributed by atoms with van der Waals surface area (Å²) >= 11 is 3.42. The Hall–Kier alpha value is -2.14. The molecule has 2 rings (SSSR count). The van der Waals surface area contributed by atoms with Crippen LogP contribution in [0.15, 0.2) is 47.2 Å². The number of hydrogen-bond donors (Lipinski definition) is 0. The third kappa shape index (κ3) is 5.20. The van der Waals surface area contributed by atoms with Crippen molar-refractivity contribution < 1.29 is 9.53 Å². The number of hydrogen-bond acceptors (Lipinski definition) is 3. The van der Waals surface area contributed by atoms with E-state index in [1.54, 1.807) is 13.2 Å². The lowest BCUT2D eigenvalue weighted by atomic mass is 10.1. The molecule has 0 radical (unpaired) electrons. The van der Waals surface area contributed by atoms with Crippen molar-refractivity contribution in [3.63, 3.8) is 0 Å². The minimum Gasteiger partial charge on any atom is -0.443 e. The van der Waals surface area contributed by atoms with Crippen molar-refractivity contribution >= 4 is 39.9 Å². The number of nitrogens with zero attached hydrogens (tertiary/aromatic N) is 2. The van der Waals surface area contributed by atoms with Gasteiger partial charge in [-0.3, -0.25) is 4.90 Å². The molecule has 0 aliphatic heterocycles. The van der Waals surface area contributed by atoms with E-state index in [1.165, 1.54) is 4.90 Å². The van der Waals surface area contributed by atoms with E-state index in [-0.39, 0.29) is 6.09 Å². The second kappa shape index (κ2) is 7.62. The molecule has 0 atom stereocenters. The van der Waals surface area contributed by atoms with Gasteiger partial charge in [0.2, 0.25) is 0 Å². The zero-order valence-corrected chi connectivity index (χ0v) is 15.9. The van der Waals surface area contributed by atoms with Crippen molar-refractivity contribution in [3.05, 3.63) is 58.3 Å². The molecule has 1 heterocycles. The van der Waals surface area contributed by atoms with E-state index < -0.39 is 5.60 Å². The number of amides is 1. The van der Waals surface area contributed by atoms with E-state index in [0.29, 0.717) is 0 Å². The van der Waals surface area contributed by atoms with Crippen LogP contribution in [0.25, 0.3) is 12.2 Å². The molecular formula is C19H21BrN2O2. The number of carbonyl (C=O) groups is 1. The van der Waals surface area contributed by atoms with Crippen LogP contribution in [-0.2, 0) is 4.74 Å². The predicted molar refractivity (Wildman–Crippen MR) is 102 cm³/mol. The summed E-state index contributed by atoms with van der Waals surface area (Å²) in [6.07, 6.45) is 5.36. The molecule has 0 N–H and O–H groups in total. The van der Waals surface area contributed by atoms with Gasteiger partial charge in [-0.1, -0.05) is 30.4 Å². The normalized spacial score (nSPS) is 11.5. The van der Waals surface area contributed by atoms with Gasteiger partial charge in [-0.2, -0.15) is 0 Å². The highest BCUT2D eigenvalue weighted by Gasteiger charge is 2.20. The maximum Gasteiger partial charge on any atom is 0.414 e. The van der Waals surface area contributed by atoms with E-state index in [4.69, 9.17) is 4.74 Å². The lowest BCUT2D eigenvalue weighted by Crippen LogP contribution is -2.34. The molecule has 5 heteroatoms. The fourth-order valence-electron chi connectivity index (χ4n) is 1.95. The lowest BCUT2D eigenvalue weighted by Gasteiger charge is -2.24. The summed E-state index contributed by atoms with van der Waals surface area (Å²) in [6.45, 7) is 5.55. The van der Waals surface area contributed by atoms with Crippen LogP contribution in [0, 0.1) is 0 Å². The Labute approximate surface area is 151 Å². The van der Waals surface area contributed by atoms with Crippen LogP contribution in [0.1, 0.15) is 31.9 Å². The lowest BCUT2D eigenvalue weighted by molar-refractivity contribution is 0.0589. The Bertz CT molecular complexity index is 734. The van der Waals surface area contributed by atoms with E-state index >= 15 is 0 Å². The van der Waals surface area contributed by atoms with Crippen LogP contribution < -0.4 is 4.90 Å². The number of ether oxygens (including phenoxy) is 1. The zero-order chi connectivity index (χ0) is 17.7. The van der Waals surface area contributed by atoms with Gasteiger partial charge >= 0.3 is 6.09 Å². The van der Waals surface area contributed by atoms with Crippen molar-refractivity contribution in [2.24, 2.45) is 0 Å².